The molecule has 0 saturated carbocycles. The van der Waals surface area contributed by atoms with E-state index < -0.39 is 69.4 Å². The first kappa shape index (κ1) is 48.7. The van der Waals surface area contributed by atoms with E-state index in [1.54, 1.807) is 0 Å². The second kappa shape index (κ2) is 26.5. The van der Waals surface area contributed by atoms with Crippen molar-refractivity contribution in [2.45, 2.75) is 147 Å². The van der Waals surface area contributed by atoms with E-state index in [0.29, 0.717) is 6.42 Å². The van der Waals surface area contributed by atoms with Gasteiger partial charge in [0.1, 0.15) is 12.3 Å². The fourth-order valence-corrected chi connectivity index (χ4v) is 7.79. The Morgan fingerprint density at radius 2 is 1.54 bits per heavy atom. The minimum Gasteiger partial charge on any atom is -0.472 e. The van der Waals surface area contributed by atoms with E-state index in [1.807, 2.05) is 0 Å². The molecule has 0 spiro atoms. The third-order valence-corrected chi connectivity index (χ3v) is 11.1. The van der Waals surface area contributed by atoms with Crippen LogP contribution in [0, 0.1) is 6.92 Å². The van der Waals surface area contributed by atoms with Crippen molar-refractivity contribution >= 4 is 20.9 Å². The Hall–Kier alpha value is -1.32. The summed E-state index contributed by atoms with van der Waals surface area (Å²) in [5.41, 5.74) is 5.78. The Labute approximate surface area is 327 Å². The maximum absolute atomic E-state index is 13.2. The number of nitrogens with one attached hydrogen (secondary N) is 1. The molecule has 0 aliphatic carbocycles. The average molecular weight is 789 g/mol. The van der Waals surface area contributed by atoms with Gasteiger partial charge in [-0.25, -0.2) is 14.2 Å². The van der Waals surface area contributed by atoms with E-state index >= 15 is 0 Å². The van der Waals surface area contributed by atoms with Crippen LogP contribution in [0.3, 0.4) is 0 Å². The molecule has 0 bridgehead atoms. The predicted octanol–water partition coefficient (Wildman–Crippen LogP) is 4.54. The molecule has 292 valence electrons. The summed E-state index contributed by atoms with van der Waals surface area (Å²) in [6.07, 6.45) is 16.2. The van der Waals surface area contributed by atoms with E-state index in [-0.39, 0.29) is 54.8 Å². The Kier molecular flexibility index (Phi) is 24.8. The SMILES string of the molecule is CCCCCCCCCCCCCCCCCCOCC(COP(=O)(O)C(=O)O)OP(=O)(O)C[C@H]1O[C@@H](n2cc(C)c(=O)[nH]c2=O)C[C@@H]1N=[N+]=[N-].[Na+]. The van der Waals surface area contributed by atoms with E-state index in [2.05, 4.69) is 26.5 Å². The molecule has 1 aromatic heterocycles. The van der Waals surface area contributed by atoms with Gasteiger partial charge in [-0.15, -0.1) is 0 Å². The number of azide groups is 1. The number of carbonyl (C=O) groups is 1. The molecule has 0 radical (unpaired) electrons. The van der Waals surface area contributed by atoms with Crippen molar-refractivity contribution in [3.05, 3.63) is 43.0 Å². The number of nitrogens with zero attached hydrogens (tertiary/aromatic N) is 4. The summed E-state index contributed by atoms with van der Waals surface area (Å²) in [5, 5.41) is 12.6. The number of aromatic nitrogens is 2. The minimum atomic E-state index is -5.09. The Balaban J connectivity index is 0.0000135. The van der Waals surface area contributed by atoms with Gasteiger partial charge in [0.2, 0.25) is 0 Å². The average Bonchev–Trinajstić information content (AvgIpc) is 3.45. The quantitative estimate of drug-likeness (QED) is 0.0218. The zero-order valence-electron chi connectivity index (χ0n) is 30.9. The van der Waals surface area contributed by atoms with Gasteiger partial charge < -0.3 is 28.9 Å². The largest absolute Gasteiger partial charge is 1.00 e. The van der Waals surface area contributed by atoms with Crippen molar-refractivity contribution in [3.8, 4) is 0 Å². The molecule has 1 aliphatic heterocycles. The first-order valence-corrected chi connectivity index (χ1v) is 21.4. The van der Waals surface area contributed by atoms with Crippen LogP contribution in [0.25, 0.3) is 10.4 Å². The van der Waals surface area contributed by atoms with Gasteiger partial charge >= 0.3 is 56.1 Å². The molecule has 0 aromatic carbocycles. The number of hydrogen-bond acceptors (Lipinski definition) is 10. The monoisotopic (exact) mass is 788 g/mol. The molecule has 52 heavy (non-hydrogen) atoms. The van der Waals surface area contributed by atoms with Gasteiger partial charge in [-0.05, 0) is 18.9 Å². The zero-order valence-corrected chi connectivity index (χ0v) is 34.7. The van der Waals surface area contributed by atoms with Crippen LogP contribution in [0.2, 0.25) is 0 Å². The molecule has 20 heteroatoms. The van der Waals surface area contributed by atoms with Gasteiger partial charge in [0.15, 0.2) is 0 Å². The molecule has 2 rings (SSSR count). The summed E-state index contributed by atoms with van der Waals surface area (Å²) in [6, 6.07) is -0.992. The van der Waals surface area contributed by atoms with Crippen LogP contribution in [0.5, 0.6) is 0 Å². The van der Waals surface area contributed by atoms with Crippen molar-refractivity contribution in [1.82, 2.24) is 9.55 Å². The molecule has 0 amide bonds. The summed E-state index contributed by atoms with van der Waals surface area (Å²) >= 11 is 0. The molecule has 1 saturated heterocycles. The van der Waals surface area contributed by atoms with Gasteiger partial charge in [-0.2, -0.15) is 0 Å². The standard InChI is InChI=1S/C32H57N5O12P2.Na/c1-3-4-5-6-7-8-9-10-11-12-13-14-15-16-17-18-19-46-22-26(23-47-51(44,45)32(40)41)49-50(42,43)24-28-27(35-36-33)20-29(48-28)37-21-25(2)30(38)34-31(37)39;/h21,26-29H,3-20,22-24H2,1-2H3,(H,40,41)(H,42,43)(H,44,45)(H,34,38,39);/q;+1/t26?,27-,28+,29+;/m0./s1. The summed E-state index contributed by atoms with van der Waals surface area (Å²) in [6.45, 7) is 2.79. The first-order chi connectivity index (χ1) is 24.3. The predicted molar refractivity (Wildman–Crippen MR) is 191 cm³/mol. The number of carboxylic acid groups (broad SMARTS) is 1. The fourth-order valence-electron chi connectivity index (χ4n) is 5.86. The number of unbranched alkanes of at least 4 members (excludes halogenated alkanes) is 15. The van der Waals surface area contributed by atoms with Crippen LogP contribution in [0.15, 0.2) is 20.9 Å². The van der Waals surface area contributed by atoms with Crippen LogP contribution in [-0.2, 0) is 27.7 Å². The van der Waals surface area contributed by atoms with Crippen LogP contribution < -0.4 is 40.8 Å². The second-order valence-corrected chi connectivity index (χ2v) is 16.7. The number of rotatable bonds is 29. The first-order valence-electron chi connectivity index (χ1n) is 18.1. The Morgan fingerprint density at radius 3 is 2.06 bits per heavy atom. The Bertz CT molecular complexity index is 1460. The van der Waals surface area contributed by atoms with Crippen molar-refractivity contribution < 1.29 is 76.9 Å². The molecule has 1 aromatic rings. The van der Waals surface area contributed by atoms with Gasteiger partial charge in [-0.1, -0.05) is 108 Å². The van der Waals surface area contributed by atoms with E-state index in [1.165, 1.54) is 90.2 Å². The van der Waals surface area contributed by atoms with Crippen molar-refractivity contribution in [3.63, 3.8) is 0 Å². The van der Waals surface area contributed by atoms with Crippen LogP contribution >= 0.6 is 15.2 Å². The second-order valence-electron chi connectivity index (χ2n) is 13.1. The molecule has 3 unspecified atom stereocenters. The molecule has 1 aliphatic rings. The molecular formula is C32H57N5NaO12P2+. The maximum Gasteiger partial charge on any atom is 1.00 e. The number of aryl methyl sites for hydroxylation is 1. The van der Waals surface area contributed by atoms with Crippen molar-refractivity contribution in [2.24, 2.45) is 5.11 Å². The summed E-state index contributed by atoms with van der Waals surface area (Å²) in [5.74, 6) is 0. The molecule has 6 atom stereocenters. The van der Waals surface area contributed by atoms with Crippen molar-refractivity contribution in [2.75, 3.05) is 26.0 Å². The zero-order chi connectivity index (χ0) is 37.7. The van der Waals surface area contributed by atoms with Crippen molar-refractivity contribution in [1.29, 1.82) is 0 Å². The third-order valence-electron chi connectivity index (χ3n) is 8.71. The van der Waals surface area contributed by atoms with Crippen LogP contribution in [-0.4, -0.2) is 74.4 Å². The normalized spacial score (nSPS) is 20.0. The van der Waals surface area contributed by atoms with Crippen LogP contribution in [0.4, 0.5) is 4.79 Å². The summed E-state index contributed by atoms with van der Waals surface area (Å²) < 4.78 is 47.5. The van der Waals surface area contributed by atoms with Gasteiger partial charge in [-0.3, -0.25) is 23.4 Å². The molecule has 17 nitrogen and oxygen atoms in total. The summed E-state index contributed by atoms with van der Waals surface area (Å²) in [4.78, 5) is 60.4. The molecule has 1 fully saturated rings. The van der Waals surface area contributed by atoms with E-state index in [0.717, 1.165) is 23.8 Å². The van der Waals surface area contributed by atoms with E-state index in [4.69, 9.17) is 24.6 Å². The summed E-state index contributed by atoms with van der Waals surface area (Å²) in [7, 11) is -9.73. The molecule has 4 N–H and O–H groups in total. The number of hydrogen-bond donors (Lipinski definition) is 4. The number of aromatic amines is 1. The van der Waals surface area contributed by atoms with E-state index in [9.17, 15) is 33.3 Å². The topological polar surface area (TPSA) is 252 Å². The minimum absolute atomic E-state index is 0. The van der Waals surface area contributed by atoms with Crippen LogP contribution in [0.1, 0.15) is 128 Å². The molecule has 2 heterocycles. The number of H-pyrrole nitrogens is 1. The molecular weight excluding hydrogens is 731 g/mol. The van der Waals surface area contributed by atoms with Gasteiger partial charge in [0, 0.05) is 29.7 Å². The number of ether oxygens (including phenoxy) is 2. The smallest absolute Gasteiger partial charge is 0.472 e. The Morgan fingerprint density at radius 1 is 1.00 bits per heavy atom. The third kappa shape index (κ3) is 19.3. The maximum atomic E-state index is 13.2. The van der Waals surface area contributed by atoms with Gasteiger partial charge in [0.25, 0.3) is 5.56 Å². The fraction of sp³-hybridized carbons (Fsp3) is 0.844. The van der Waals surface area contributed by atoms with Gasteiger partial charge in [0.05, 0.1) is 31.5 Å².